The molecule has 1 aromatic rings. The van der Waals surface area contributed by atoms with Crippen LogP contribution in [0.25, 0.3) is 0 Å². The van der Waals surface area contributed by atoms with Crippen molar-refractivity contribution in [3.8, 4) is 5.75 Å². The molecule has 0 aromatic heterocycles. The van der Waals surface area contributed by atoms with Crippen molar-refractivity contribution in [2.45, 2.75) is 32.8 Å². The third-order valence-corrected chi connectivity index (χ3v) is 2.21. The molecule has 0 unspecified atom stereocenters. The number of nitrogens with two attached hydrogens (primary N) is 1. The Kier molecular flexibility index (Phi) is 5.16. The van der Waals surface area contributed by atoms with Crippen LogP contribution in [0.2, 0.25) is 0 Å². The van der Waals surface area contributed by atoms with E-state index >= 15 is 0 Å². The highest BCUT2D eigenvalue weighted by Crippen LogP contribution is 2.13. The molecule has 0 radical (unpaired) electrons. The van der Waals surface area contributed by atoms with Crippen LogP contribution in [0.4, 0.5) is 0 Å². The number of rotatable bonds is 6. The third kappa shape index (κ3) is 6.25. The number of ether oxygens (including phenoxy) is 2. The lowest BCUT2D eigenvalue weighted by Gasteiger charge is -2.19. The summed E-state index contributed by atoms with van der Waals surface area (Å²) in [4.78, 5) is 0. The lowest BCUT2D eigenvalue weighted by atomic mass is 10.1. The number of benzene rings is 1. The van der Waals surface area contributed by atoms with E-state index in [1.54, 1.807) is 0 Å². The van der Waals surface area contributed by atoms with Crippen LogP contribution in [-0.2, 0) is 11.2 Å². The van der Waals surface area contributed by atoms with Gasteiger partial charge in [0.05, 0.1) is 18.0 Å². The molecule has 4 heteroatoms. The molecule has 1 rings (SSSR count). The second-order valence-electron chi connectivity index (χ2n) is 5.16. The summed E-state index contributed by atoms with van der Waals surface area (Å²) in [6.07, 6.45) is 0.480. The van der Waals surface area contributed by atoms with Gasteiger partial charge in [0, 0.05) is 6.42 Å². The maximum Gasteiger partial charge on any atom is 0.119 e. The molecule has 0 heterocycles. The molecule has 0 amide bonds. The van der Waals surface area contributed by atoms with Crippen LogP contribution in [0.1, 0.15) is 26.3 Å². The van der Waals surface area contributed by atoms with E-state index < -0.39 is 0 Å². The molecule has 100 valence electrons. The van der Waals surface area contributed by atoms with Crippen molar-refractivity contribution in [2.75, 3.05) is 13.2 Å². The SMILES string of the molecule is CC(C)(C)OCCOc1ccc(CC(=N)N)cc1. The summed E-state index contributed by atoms with van der Waals surface area (Å²) in [6.45, 7) is 7.15. The van der Waals surface area contributed by atoms with E-state index in [-0.39, 0.29) is 11.4 Å². The molecule has 0 aliphatic rings. The zero-order valence-corrected chi connectivity index (χ0v) is 11.3. The van der Waals surface area contributed by atoms with Gasteiger partial charge < -0.3 is 15.2 Å². The Labute approximate surface area is 109 Å². The van der Waals surface area contributed by atoms with E-state index in [1.807, 2.05) is 45.0 Å². The summed E-state index contributed by atoms with van der Waals surface area (Å²) in [6, 6.07) is 7.60. The third-order valence-electron chi connectivity index (χ3n) is 2.21. The molecule has 0 fully saturated rings. The first-order valence-electron chi connectivity index (χ1n) is 6.05. The van der Waals surface area contributed by atoms with Gasteiger partial charge in [-0.15, -0.1) is 0 Å². The second-order valence-corrected chi connectivity index (χ2v) is 5.16. The summed E-state index contributed by atoms with van der Waals surface area (Å²) >= 11 is 0. The van der Waals surface area contributed by atoms with Crippen molar-refractivity contribution in [3.63, 3.8) is 0 Å². The fraction of sp³-hybridized carbons (Fsp3) is 0.500. The molecule has 18 heavy (non-hydrogen) atoms. The van der Waals surface area contributed by atoms with Gasteiger partial charge in [0.2, 0.25) is 0 Å². The highest BCUT2D eigenvalue weighted by Gasteiger charge is 2.09. The van der Waals surface area contributed by atoms with Crippen LogP contribution in [-0.4, -0.2) is 24.7 Å². The lowest BCUT2D eigenvalue weighted by molar-refractivity contribution is -0.0163. The minimum absolute atomic E-state index is 0.130. The fourth-order valence-corrected chi connectivity index (χ4v) is 1.43. The van der Waals surface area contributed by atoms with Crippen molar-refractivity contribution >= 4 is 5.84 Å². The Morgan fingerprint density at radius 3 is 2.28 bits per heavy atom. The van der Waals surface area contributed by atoms with Crippen molar-refractivity contribution < 1.29 is 9.47 Å². The summed E-state index contributed by atoms with van der Waals surface area (Å²) in [7, 11) is 0. The number of hydrogen-bond acceptors (Lipinski definition) is 3. The van der Waals surface area contributed by atoms with Gasteiger partial charge in [-0.05, 0) is 38.5 Å². The van der Waals surface area contributed by atoms with Crippen LogP contribution in [0.3, 0.4) is 0 Å². The molecule has 1 aromatic carbocycles. The van der Waals surface area contributed by atoms with Crippen molar-refractivity contribution in [1.82, 2.24) is 0 Å². The van der Waals surface area contributed by atoms with Crippen molar-refractivity contribution in [3.05, 3.63) is 29.8 Å². The molecular weight excluding hydrogens is 228 g/mol. The molecule has 0 spiro atoms. The van der Waals surface area contributed by atoms with E-state index in [0.29, 0.717) is 19.6 Å². The van der Waals surface area contributed by atoms with Gasteiger partial charge in [-0.3, -0.25) is 5.41 Å². The minimum Gasteiger partial charge on any atom is -0.491 e. The Morgan fingerprint density at radius 2 is 1.78 bits per heavy atom. The second kappa shape index (κ2) is 6.40. The van der Waals surface area contributed by atoms with Gasteiger partial charge in [0.15, 0.2) is 0 Å². The summed E-state index contributed by atoms with van der Waals surface area (Å²) in [5, 5.41) is 7.21. The highest BCUT2D eigenvalue weighted by molar-refractivity contribution is 5.79. The van der Waals surface area contributed by atoms with Crippen LogP contribution in [0.15, 0.2) is 24.3 Å². The van der Waals surface area contributed by atoms with Gasteiger partial charge in [0.25, 0.3) is 0 Å². The molecule has 0 aliphatic carbocycles. The molecule has 0 aliphatic heterocycles. The van der Waals surface area contributed by atoms with Gasteiger partial charge in [-0.1, -0.05) is 12.1 Å². The van der Waals surface area contributed by atoms with E-state index in [0.717, 1.165) is 11.3 Å². The molecule has 0 saturated carbocycles. The zero-order chi connectivity index (χ0) is 13.6. The van der Waals surface area contributed by atoms with Gasteiger partial charge in [-0.25, -0.2) is 0 Å². The standard InChI is InChI=1S/C14H22N2O2/c1-14(2,3)18-9-8-17-12-6-4-11(5-7-12)10-13(15)16/h4-7H,8-10H2,1-3H3,(H3,15,16). The number of hydrogen-bond donors (Lipinski definition) is 2. The summed E-state index contributed by atoms with van der Waals surface area (Å²) in [5.74, 6) is 0.974. The zero-order valence-electron chi connectivity index (χ0n) is 11.3. The smallest absolute Gasteiger partial charge is 0.119 e. The van der Waals surface area contributed by atoms with Gasteiger partial charge in [0.1, 0.15) is 12.4 Å². The summed E-state index contributed by atoms with van der Waals surface area (Å²) in [5.41, 5.74) is 6.22. The maximum atomic E-state index is 7.21. The predicted octanol–water partition coefficient (Wildman–Crippen LogP) is 2.36. The first-order valence-corrected chi connectivity index (χ1v) is 6.05. The monoisotopic (exact) mass is 250 g/mol. The average Bonchev–Trinajstić information content (AvgIpc) is 2.24. The van der Waals surface area contributed by atoms with Gasteiger partial charge >= 0.3 is 0 Å². The number of amidine groups is 1. The topological polar surface area (TPSA) is 68.3 Å². The Bertz CT molecular complexity index is 380. The van der Waals surface area contributed by atoms with Crippen molar-refractivity contribution in [2.24, 2.45) is 5.73 Å². The van der Waals surface area contributed by atoms with E-state index in [2.05, 4.69) is 0 Å². The van der Waals surface area contributed by atoms with Crippen molar-refractivity contribution in [1.29, 1.82) is 5.41 Å². The Balaban J connectivity index is 2.33. The minimum atomic E-state index is -0.130. The van der Waals surface area contributed by atoms with E-state index in [1.165, 1.54) is 0 Å². The highest BCUT2D eigenvalue weighted by atomic mass is 16.5. The first-order chi connectivity index (χ1) is 8.37. The van der Waals surface area contributed by atoms with E-state index in [9.17, 15) is 0 Å². The Morgan fingerprint density at radius 1 is 1.17 bits per heavy atom. The van der Waals surface area contributed by atoms with Crippen LogP contribution in [0, 0.1) is 5.41 Å². The molecule has 0 saturated heterocycles. The van der Waals surface area contributed by atoms with Crippen LogP contribution in [0.5, 0.6) is 5.75 Å². The maximum absolute atomic E-state index is 7.21. The lowest BCUT2D eigenvalue weighted by Crippen LogP contribution is -2.22. The Hall–Kier alpha value is -1.55. The molecule has 0 bridgehead atoms. The van der Waals surface area contributed by atoms with Gasteiger partial charge in [-0.2, -0.15) is 0 Å². The normalized spacial score (nSPS) is 11.3. The number of nitrogens with one attached hydrogen (secondary N) is 1. The largest absolute Gasteiger partial charge is 0.491 e. The molecule has 0 atom stereocenters. The molecule has 4 nitrogen and oxygen atoms in total. The molecule has 3 N–H and O–H groups in total. The first kappa shape index (κ1) is 14.5. The molecular formula is C14H22N2O2. The quantitative estimate of drug-likeness (QED) is 0.462. The predicted molar refractivity (Wildman–Crippen MR) is 73.3 cm³/mol. The van der Waals surface area contributed by atoms with E-state index in [4.69, 9.17) is 20.6 Å². The summed E-state index contributed by atoms with van der Waals surface area (Å²) < 4.78 is 11.1. The van der Waals surface area contributed by atoms with Crippen LogP contribution < -0.4 is 10.5 Å². The average molecular weight is 250 g/mol. The van der Waals surface area contributed by atoms with Crippen LogP contribution >= 0.6 is 0 Å². The fourth-order valence-electron chi connectivity index (χ4n) is 1.43.